The second kappa shape index (κ2) is 5.60. The van der Waals surface area contributed by atoms with Gasteiger partial charge < -0.3 is 4.52 Å². The van der Waals surface area contributed by atoms with Crippen molar-refractivity contribution >= 4 is 29.3 Å². The topological polar surface area (TPSA) is 9.23 Å². The highest BCUT2D eigenvalue weighted by Gasteiger charge is 2.09. The summed E-state index contributed by atoms with van der Waals surface area (Å²) in [7, 11) is 0. The van der Waals surface area contributed by atoms with Crippen molar-refractivity contribution in [3.05, 3.63) is 0 Å². The first-order valence-corrected chi connectivity index (χ1v) is 6.37. The maximum Gasteiger partial charge on any atom is 0.225 e. The molecule has 0 amide bonds. The van der Waals surface area contributed by atoms with Gasteiger partial charge in [0.05, 0.1) is 6.10 Å². The highest BCUT2D eigenvalue weighted by molar-refractivity contribution is 8.00. The van der Waals surface area contributed by atoms with Gasteiger partial charge in [-0.05, 0) is 41.7 Å². The van der Waals surface area contributed by atoms with E-state index in [2.05, 4.69) is 13.8 Å². The predicted molar refractivity (Wildman–Crippen MR) is 48.6 cm³/mol. The average Bonchev–Trinajstić information content (AvgIpc) is 1.58. The molecular weight excluding hydrogens is 190 g/mol. The second-order valence-electron chi connectivity index (χ2n) is 2.75. The normalized spacial score (nSPS) is 14.7. The first-order valence-electron chi connectivity index (χ1n) is 3.30. The third kappa shape index (κ3) is 7.08. The fraction of sp³-hybridized carbons (Fsp3) is 1.00. The lowest BCUT2D eigenvalue weighted by molar-refractivity contribution is 0.223. The van der Waals surface area contributed by atoms with E-state index in [4.69, 9.17) is 27.0 Å². The van der Waals surface area contributed by atoms with Crippen LogP contribution in [0.3, 0.4) is 0 Å². The van der Waals surface area contributed by atoms with Gasteiger partial charge >= 0.3 is 0 Å². The zero-order chi connectivity index (χ0) is 8.15. The molecule has 0 saturated heterocycles. The zero-order valence-electron chi connectivity index (χ0n) is 6.47. The molecule has 1 unspecified atom stereocenters. The number of hydrogen-bond donors (Lipinski definition) is 0. The molecule has 4 heteroatoms. The van der Waals surface area contributed by atoms with E-state index < -0.39 is 6.85 Å². The maximum atomic E-state index is 5.46. The van der Waals surface area contributed by atoms with Gasteiger partial charge in [-0.15, -0.1) is 0 Å². The highest BCUT2D eigenvalue weighted by Crippen LogP contribution is 2.49. The van der Waals surface area contributed by atoms with Crippen LogP contribution >= 0.6 is 29.3 Å². The summed E-state index contributed by atoms with van der Waals surface area (Å²) in [6.45, 7) is 5.05. The molecule has 0 aromatic rings. The quantitative estimate of drug-likeness (QED) is 0.623. The van der Waals surface area contributed by atoms with Crippen LogP contribution in [0.15, 0.2) is 0 Å². The van der Waals surface area contributed by atoms with Crippen LogP contribution in [0.4, 0.5) is 0 Å². The molecule has 0 rings (SSSR count). The summed E-state index contributed by atoms with van der Waals surface area (Å²) >= 11 is 10.9. The van der Waals surface area contributed by atoms with Crippen molar-refractivity contribution in [1.29, 1.82) is 0 Å². The lowest BCUT2D eigenvalue weighted by Crippen LogP contribution is -2.06. The Morgan fingerprint density at radius 2 is 1.80 bits per heavy atom. The summed E-state index contributed by atoms with van der Waals surface area (Å²) in [5, 5.41) is 0. The molecule has 0 bridgehead atoms. The van der Waals surface area contributed by atoms with Crippen molar-refractivity contribution in [2.45, 2.75) is 33.3 Å². The van der Waals surface area contributed by atoms with Crippen LogP contribution in [0.1, 0.15) is 27.2 Å². The van der Waals surface area contributed by atoms with Gasteiger partial charge in [-0.1, -0.05) is 13.8 Å². The van der Waals surface area contributed by atoms with E-state index in [1.807, 2.05) is 6.92 Å². The molecule has 0 radical (unpaired) electrons. The molecular formula is C6H13Cl2OP. The fourth-order valence-electron chi connectivity index (χ4n) is 0.843. The molecule has 10 heavy (non-hydrogen) atoms. The molecule has 0 fully saturated rings. The number of hydrogen-bond acceptors (Lipinski definition) is 1. The molecule has 0 N–H and O–H groups in total. The van der Waals surface area contributed by atoms with E-state index in [1.165, 1.54) is 0 Å². The van der Waals surface area contributed by atoms with E-state index in [9.17, 15) is 0 Å². The van der Waals surface area contributed by atoms with Crippen LogP contribution in [0, 0.1) is 5.92 Å². The smallest absolute Gasteiger partial charge is 0.225 e. The maximum absolute atomic E-state index is 5.46. The fourth-order valence-corrected chi connectivity index (χ4v) is 2.02. The van der Waals surface area contributed by atoms with Crippen molar-refractivity contribution in [3.63, 3.8) is 0 Å². The van der Waals surface area contributed by atoms with Crippen molar-refractivity contribution in [2.75, 3.05) is 0 Å². The Balaban J connectivity index is 3.34. The Morgan fingerprint density at radius 1 is 1.30 bits per heavy atom. The predicted octanol–water partition coefficient (Wildman–Crippen LogP) is 4.14. The number of halogens is 2. The van der Waals surface area contributed by atoms with E-state index >= 15 is 0 Å². The van der Waals surface area contributed by atoms with Crippen molar-refractivity contribution in [2.24, 2.45) is 5.92 Å². The molecule has 1 nitrogen and oxygen atoms in total. The van der Waals surface area contributed by atoms with Crippen molar-refractivity contribution in [3.8, 4) is 0 Å². The number of rotatable bonds is 4. The largest absolute Gasteiger partial charge is 0.329 e. The van der Waals surface area contributed by atoms with Crippen LogP contribution in [0.25, 0.3) is 0 Å². The molecule has 0 aromatic carbocycles. The Kier molecular flexibility index (Phi) is 6.14. The third-order valence-corrected chi connectivity index (χ3v) is 2.06. The minimum Gasteiger partial charge on any atom is -0.329 e. The molecule has 0 aromatic heterocycles. The first-order chi connectivity index (χ1) is 4.52. The molecule has 62 valence electrons. The van der Waals surface area contributed by atoms with Gasteiger partial charge in [-0.25, -0.2) is 0 Å². The zero-order valence-corrected chi connectivity index (χ0v) is 8.88. The summed E-state index contributed by atoms with van der Waals surface area (Å²) in [5.41, 5.74) is 0. The summed E-state index contributed by atoms with van der Waals surface area (Å²) in [5.74, 6) is 0.637. The monoisotopic (exact) mass is 202 g/mol. The van der Waals surface area contributed by atoms with Gasteiger partial charge in [-0.2, -0.15) is 0 Å². The van der Waals surface area contributed by atoms with E-state index in [-0.39, 0.29) is 6.10 Å². The minimum absolute atomic E-state index is 0.182. The molecule has 0 heterocycles. The standard InChI is InChI=1S/C6H13Cl2OP/c1-5(2)4-6(3)9-10(7)8/h5-6H,4H2,1-3H3. The van der Waals surface area contributed by atoms with Gasteiger partial charge in [0.25, 0.3) is 0 Å². The Hall–Kier alpha value is 0.970. The van der Waals surface area contributed by atoms with E-state index in [1.54, 1.807) is 0 Å². The van der Waals surface area contributed by atoms with Crippen LogP contribution in [0.5, 0.6) is 0 Å². The van der Waals surface area contributed by atoms with Gasteiger partial charge in [-0.3, -0.25) is 0 Å². The first kappa shape index (κ1) is 11.0. The minimum atomic E-state index is -1.23. The van der Waals surface area contributed by atoms with Crippen LogP contribution in [0.2, 0.25) is 0 Å². The van der Waals surface area contributed by atoms with Gasteiger partial charge in [0.2, 0.25) is 6.85 Å². The Morgan fingerprint density at radius 3 is 2.10 bits per heavy atom. The summed E-state index contributed by atoms with van der Waals surface area (Å²) in [6, 6.07) is 0. The molecule has 0 spiro atoms. The third-order valence-electron chi connectivity index (χ3n) is 1.06. The Bertz CT molecular complexity index is 77.8. The molecule has 1 atom stereocenters. The lowest BCUT2D eigenvalue weighted by Gasteiger charge is -2.14. The van der Waals surface area contributed by atoms with Crippen molar-refractivity contribution < 1.29 is 4.52 Å². The molecule has 0 aliphatic rings. The van der Waals surface area contributed by atoms with Crippen LogP contribution in [-0.2, 0) is 4.52 Å². The van der Waals surface area contributed by atoms with Gasteiger partial charge in [0, 0.05) is 0 Å². The van der Waals surface area contributed by atoms with Crippen LogP contribution < -0.4 is 0 Å². The molecule has 0 saturated carbocycles. The highest BCUT2D eigenvalue weighted by atomic mass is 35.9. The molecule has 0 aliphatic carbocycles. The van der Waals surface area contributed by atoms with Gasteiger partial charge in [0.15, 0.2) is 0 Å². The summed E-state index contributed by atoms with van der Waals surface area (Å²) < 4.78 is 5.16. The van der Waals surface area contributed by atoms with Crippen LogP contribution in [-0.4, -0.2) is 6.10 Å². The lowest BCUT2D eigenvalue weighted by atomic mass is 10.1. The molecule has 0 aliphatic heterocycles. The van der Waals surface area contributed by atoms with E-state index in [0.717, 1.165) is 6.42 Å². The SMILES string of the molecule is CC(C)CC(C)OP(Cl)Cl. The van der Waals surface area contributed by atoms with E-state index in [0.29, 0.717) is 5.92 Å². The Labute approximate surface area is 73.5 Å². The average molecular weight is 203 g/mol. The van der Waals surface area contributed by atoms with Crippen molar-refractivity contribution in [1.82, 2.24) is 0 Å². The second-order valence-corrected chi connectivity index (χ2v) is 5.72. The summed E-state index contributed by atoms with van der Waals surface area (Å²) in [6.07, 6.45) is 1.19. The summed E-state index contributed by atoms with van der Waals surface area (Å²) in [4.78, 5) is 0. The van der Waals surface area contributed by atoms with Gasteiger partial charge in [0.1, 0.15) is 0 Å².